The van der Waals surface area contributed by atoms with Gasteiger partial charge in [0, 0.05) is 30.8 Å². The van der Waals surface area contributed by atoms with E-state index in [0.717, 1.165) is 24.9 Å². The van der Waals surface area contributed by atoms with Crippen LogP contribution in [0, 0.1) is 5.41 Å². The number of hydrogen-bond donors (Lipinski definition) is 2. The number of aliphatic hydroxyl groups is 1. The van der Waals surface area contributed by atoms with E-state index in [9.17, 15) is 18.3 Å². The second-order valence-corrected chi connectivity index (χ2v) is 12.1. The highest BCUT2D eigenvalue weighted by atomic mass is 32.2. The highest BCUT2D eigenvalue weighted by Crippen LogP contribution is 2.27. The maximum absolute atomic E-state index is 13.3. The van der Waals surface area contributed by atoms with Crippen molar-refractivity contribution in [3.63, 3.8) is 0 Å². The van der Waals surface area contributed by atoms with Gasteiger partial charge in [-0.3, -0.25) is 0 Å². The van der Waals surface area contributed by atoms with Crippen LogP contribution >= 0.6 is 0 Å². The summed E-state index contributed by atoms with van der Waals surface area (Å²) in [5.74, 6) is 0.643. The number of hydrogen-bond acceptors (Lipinski definition) is 8. The Hall–Kier alpha value is -3.48. The van der Waals surface area contributed by atoms with Gasteiger partial charge in [-0.05, 0) is 48.2 Å². The van der Waals surface area contributed by atoms with Gasteiger partial charge in [0.25, 0.3) is 10.0 Å². The van der Waals surface area contributed by atoms with Gasteiger partial charge in [0.2, 0.25) is 6.29 Å². The molecule has 2 heterocycles. The second-order valence-electron chi connectivity index (χ2n) is 10.4. The number of nitrogens with zero attached hydrogens (tertiary/aromatic N) is 4. The van der Waals surface area contributed by atoms with E-state index in [-0.39, 0.29) is 11.6 Å². The minimum absolute atomic E-state index is 0.192. The van der Waals surface area contributed by atoms with Gasteiger partial charge in [-0.15, -0.1) is 0 Å². The average Bonchev–Trinajstić information content (AvgIpc) is 3.46. The third-order valence-electron chi connectivity index (χ3n) is 6.26. The molecular formula is C28H39N5O6S. The van der Waals surface area contributed by atoms with Gasteiger partial charge in [-0.25, -0.2) is 27.9 Å². The summed E-state index contributed by atoms with van der Waals surface area (Å²) in [6.07, 6.45) is 6.77. The number of aromatic nitrogens is 3. The quantitative estimate of drug-likeness (QED) is 0.218. The number of ether oxygens (including phenoxy) is 2. The Bertz CT molecular complexity index is 1280. The number of benzene rings is 1. The van der Waals surface area contributed by atoms with Gasteiger partial charge in [-0.2, -0.15) is 0 Å². The molecule has 40 heavy (non-hydrogen) atoms. The van der Waals surface area contributed by atoms with Gasteiger partial charge in [0.05, 0.1) is 18.9 Å². The molecule has 0 aliphatic heterocycles. The van der Waals surface area contributed by atoms with Crippen LogP contribution in [0.5, 0.6) is 5.75 Å². The van der Waals surface area contributed by atoms with Crippen molar-refractivity contribution in [3.8, 4) is 11.4 Å². The molecule has 0 saturated carbocycles. The van der Waals surface area contributed by atoms with Crippen LogP contribution in [0.3, 0.4) is 0 Å². The van der Waals surface area contributed by atoms with Crippen molar-refractivity contribution in [2.75, 3.05) is 19.7 Å². The van der Waals surface area contributed by atoms with E-state index in [1.54, 1.807) is 23.5 Å². The second kappa shape index (κ2) is 14.2. The maximum Gasteiger partial charge on any atom is 0.412 e. The van der Waals surface area contributed by atoms with Crippen molar-refractivity contribution < 1.29 is 27.8 Å². The lowest BCUT2D eigenvalue weighted by Gasteiger charge is -2.39. The number of pyridine rings is 1. The molecule has 12 heteroatoms. The lowest BCUT2D eigenvalue weighted by atomic mass is 9.86. The van der Waals surface area contributed by atoms with Crippen molar-refractivity contribution in [2.24, 2.45) is 5.41 Å². The Kier molecular flexibility index (Phi) is 11.1. The number of rotatable bonds is 14. The largest absolute Gasteiger partial charge is 0.491 e. The minimum atomic E-state index is -3.98. The molecule has 0 fully saturated rings. The summed E-state index contributed by atoms with van der Waals surface area (Å²) in [6, 6.07) is 11.6. The van der Waals surface area contributed by atoms with Crippen LogP contribution in [0.25, 0.3) is 5.69 Å². The first-order chi connectivity index (χ1) is 19.0. The van der Waals surface area contributed by atoms with Crippen LogP contribution in [-0.2, 0) is 14.8 Å². The zero-order valence-electron chi connectivity index (χ0n) is 23.4. The number of imidazole rings is 1. The molecule has 2 atom stereocenters. The maximum atomic E-state index is 13.3. The van der Waals surface area contributed by atoms with Gasteiger partial charge in [0.1, 0.15) is 12.4 Å². The van der Waals surface area contributed by atoms with Crippen LogP contribution in [0.4, 0.5) is 4.79 Å². The number of unbranched alkanes of at least 4 members (excludes halogenated alkanes) is 2. The topological polar surface area (TPSA) is 136 Å². The van der Waals surface area contributed by atoms with E-state index in [4.69, 9.17) is 9.47 Å². The summed E-state index contributed by atoms with van der Waals surface area (Å²) >= 11 is 0. The molecule has 0 unspecified atom stereocenters. The summed E-state index contributed by atoms with van der Waals surface area (Å²) in [4.78, 5) is 22.7. The van der Waals surface area contributed by atoms with Crippen LogP contribution in [0.2, 0.25) is 0 Å². The van der Waals surface area contributed by atoms with E-state index in [0.29, 0.717) is 12.3 Å². The Labute approximate surface area is 236 Å². The Balaban J connectivity index is 1.68. The van der Waals surface area contributed by atoms with Gasteiger partial charge >= 0.3 is 6.09 Å². The molecule has 0 saturated heterocycles. The summed E-state index contributed by atoms with van der Waals surface area (Å²) < 4.78 is 40.4. The minimum Gasteiger partial charge on any atom is -0.491 e. The molecule has 0 spiro atoms. The third-order valence-corrected chi connectivity index (χ3v) is 7.60. The van der Waals surface area contributed by atoms with Crippen molar-refractivity contribution in [3.05, 3.63) is 67.4 Å². The van der Waals surface area contributed by atoms with Crippen molar-refractivity contribution >= 4 is 16.1 Å². The van der Waals surface area contributed by atoms with E-state index in [2.05, 4.69) is 21.6 Å². The molecule has 2 aromatic heterocycles. The van der Waals surface area contributed by atoms with E-state index in [1.807, 2.05) is 55.8 Å². The number of nitrogens with one attached hydrogen (secondary N) is 1. The van der Waals surface area contributed by atoms with Gasteiger partial charge in [0.15, 0.2) is 5.03 Å². The predicted octanol–water partition coefficient (Wildman–Crippen LogP) is 3.99. The van der Waals surface area contributed by atoms with E-state index < -0.39 is 40.4 Å². The normalized spacial score (nSPS) is 13.4. The summed E-state index contributed by atoms with van der Waals surface area (Å²) in [5.41, 5.74) is 0.544. The first-order valence-electron chi connectivity index (χ1n) is 13.3. The number of amides is 1. The standard InChI is InChI=1S/C28H39N5O6S/c1-5-6-9-17-33(27(35)39-26(34)19-31-40(36,37)25-10-7-8-15-30-25)24(28(2,3)4)20-38-23-13-11-22(12-14-23)32-18-16-29-21-32/h7-8,10-16,18,21,24,26,31,34H,5-6,9,17,19-20H2,1-4H3/t24-,26+/m1/s1. The fourth-order valence-electron chi connectivity index (χ4n) is 4.00. The van der Waals surface area contributed by atoms with Crippen molar-refractivity contribution in [1.29, 1.82) is 0 Å². The average molecular weight is 574 g/mol. The molecule has 1 aromatic carbocycles. The van der Waals surface area contributed by atoms with Gasteiger partial charge < -0.3 is 24.0 Å². The molecule has 0 bridgehead atoms. The molecule has 0 aliphatic rings. The van der Waals surface area contributed by atoms with E-state index in [1.165, 1.54) is 18.3 Å². The third kappa shape index (κ3) is 9.04. The van der Waals surface area contributed by atoms with Crippen LogP contribution < -0.4 is 9.46 Å². The fourth-order valence-corrected chi connectivity index (χ4v) is 4.97. The first-order valence-corrected chi connectivity index (χ1v) is 14.8. The predicted molar refractivity (Wildman–Crippen MR) is 150 cm³/mol. The zero-order chi connectivity index (χ0) is 29.2. The summed E-state index contributed by atoms with van der Waals surface area (Å²) in [6.45, 7) is 8.13. The monoisotopic (exact) mass is 573 g/mol. The lowest BCUT2D eigenvalue weighted by molar-refractivity contribution is -0.0699. The Morgan fingerprint density at radius 3 is 2.48 bits per heavy atom. The van der Waals surface area contributed by atoms with E-state index >= 15 is 0 Å². The highest BCUT2D eigenvalue weighted by Gasteiger charge is 2.36. The molecule has 3 aromatic rings. The summed E-state index contributed by atoms with van der Waals surface area (Å²) in [5, 5.41) is 10.2. The van der Waals surface area contributed by atoms with Gasteiger partial charge in [-0.1, -0.05) is 46.6 Å². The number of sulfonamides is 1. The molecule has 11 nitrogen and oxygen atoms in total. The molecule has 1 amide bonds. The molecular weight excluding hydrogens is 534 g/mol. The Morgan fingerprint density at radius 1 is 1.12 bits per heavy atom. The van der Waals surface area contributed by atoms with Crippen LogP contribution in [-0.4, -0.2) is 71.1 Å². The highest BCUT2D eigenvalue weighted by molar-refractivity contribution is 7.89. The van der Waals surface area contributed by atoms with Crippen molar-refractivity contribution in [1.82, 2.24) is 24.2 Å². The van der Waals surface area contributed by atoms with Crippen molar-refractivity contribution in [2.45, 2.75) is 64.3 Å². The number of carbonyl (C=O) groups excluding carboxylic acids is 1. The Morgan fingerprint density at radius 2 is 1.88 bits per heavy atom. The SMILES string of the molecule is CCCCCN(C(=O)O[C@H](O)CNS(=O)(=O)c1ccccn1)[C@H](COc1ccc(-n2ccnc2)cc1)C(C)(C)C. The molecule has 3 rings (SSSR count). The number of aliphatic hydroxyl groups excluding tert-OH is 1. The molecule has 2 N–H and O–H groups in total. The lowest BCUT2D eigenvalue weighted by Crippen LogP contribution is -2.52. The molecule has 0 aliphatic carbocycles. The smallest absolute Gasteiger partial charge is 0.412 e. The van der Waals surface area contributed by atoms with Crippen LogP contribution in [0.15, 0.2) is 72.4 Å². The summed E-state index contributed by atoms with van der Waals surface area (Å²) in [7, 11) is -3.98. The molecule has 0 radical (unpaired) electrons. The zero-order valence-corrected chi connectivity index (χ0v) is 24.3. The first kappa shape index (κ1) is 31.1. The fraction of sp³-hybridized carbons (Fsp3) is 0.464. The molecule has 218 valence electrons. The number of carbonyl (C=O) groups is 1. The van der Waals surface area contributed by atoms with Crippen LogP contribution in [0.1, 0.15) is 47.0 Å².